The van der Waals surface area contributed by atoms with E-state index in [1.807, 2.05) is 36.4 Å². The van der Waals surface area contributed by atoms with Gasteiger partial charge in [-0.2, -0.15) is 0 Å². The summed E-state index contributed by atoms with van der Waals surface area (Å²) in [6, 6.07) is 17.2. The topological polar surface area (TPSA) is 51.2 Å². The van der Waals surface area contributed by atoms with Gasteiger partial charge in [0.1, 0.15) is 11.9 Å². The molecule has 0 unspecified atom stereocenters. The number of nitrogens with one attached hydrogen (secondary N) is 1. The van der Waals surface area contributed by atoms with Crippen LogP contribution in [0.4, 0.5) is 9.18 Å². The standard InChI is InChI=1S/C22H15FN2O2/c23-19-9-5-4-8-18(19)21-20(25-22(26)27-21)17-12-16(13-24-14-17)11-10-15-6-2-1-3-7-15/h1-9,12-14,20-21H,(H,25,26)/t20-,21-/m1/s1. The van der Waals surface area contributed by atoms with E-state index in [-0.39, 0.29) is 0 Å². The molecule has 0 saturated carbocycles. The Bertz CT molecular complexity index is 1040. The van der Waals surface area contributed by atoms with Gasteiger partial charge in [0, 0.05) is 29.1 Å². The highest BCUT2D eigenvalue weighted by Crippen LogP contribution is 2.37. The number of ether oxygens (including phenoxy) is 1. The molecule has 1 aliphatic heterocycles. The second-order valence-corrected chi connectivity index (χ2v) is 6.09. The van der Waals surface area contributed by atoms with Crippen LogP contribution in [0.2, 0.25) is 0 Å². The van der Waals surface area contributed by atoms with Crippen LogP contribution in [0.1, 0.15) is 34.4 Å². The van der Waals surface area contributed by atoms with Crippen LogP contribution in [-0.2, 0) is 4.74 Å². The fourth-order valence-electron chi connectivity index (χ4n) is 2.99. The molecule has 1 amide bonds. The number of carbonyl (C=O) groups excluding carboxylic acids is 1. The van der Waals surface area contributed by atoms with Crippen LogP contribution >= 0.6 is 0 Å². The first-order valence-electron chi connectivity index (χ1n) is 8.44. The van der Waals surface area contributed by atoms with E-state index in [1.54, 1.807) is 30.6 Å². The Balaban J connectivity index is 1.65. The molecule has 1 aliphatic rings. The van der Waals surface area contributed by atoms with Gasteiger partial charge in [-0.3, -0.25) is 4.98 Å². The Morgan fingerprint density at radius 2 is 1.70 bits per heavy atom. The number of hydrogen-bond donors (Lipinski definition) is 1. The number of alkyl carbamates (subject to hydrolysis) is 1. The van der Waals surface area contributed by atoms with E-state index in [0.29, 0.717) is 16.7 Å². The molecule has 2 atom stereocenters. The average Bonchev–Trinajstić information content (AvgIpc) is 3.09. The van der Waals surface area contributed by atoms with E-state index in [2.05, 4.69) is 22.1 Å². The molecule has 1 fully saturated rings. The van der Waals surface area contributed by atoms with Gasteiger partial charge < -0.3 is 10.1 Å². The molecule has 0 spiro atoms. The van der Waals surface area contributed by atoms with Crippen LogP contribution in [0, 0.1) is 17.7 Å². The Hall–Kier alpha value is -3.65. The second kappa shape index (κ2) is 7.30. The van der Waals surface area contributed by atoms with Gasteiger partial charge in [0.15, 0.2) is 6.10 Å². The molecule has 4 rings (SSSR count). The molecular weight excluding hydrogens is 343 g/mol. The van der Waals surface area contributed by atoms with Crippen LogP contribution in [-0.4, -0.2) is 11.1 Å². The predicted octanol–water partition coefficient (Wildman–Crippen LogP) is 4.14. The van der Waals surface area contributed by atoms with Crippen molar-refractivity contribution in [2.24, 2.45) is 0 Å². The molecule has 1 aromatic heterocycles. The summed E-state index contributed by atoms with van der Waals surface area (Å²) >= 11 is 0. The van der Waals surface area contributed by atoms with E-state index in [9.17, 15) is 9.18 Å². The monoisotopic (exact) mass is 358 g/mol. The average molecular weight is 358 g/mol. The SMILES string of the molecule is O=C1N[C@H](c2cncc(C#Cc3ccccc3)c2)[C@@H](c2ccccc2F)O1. The summed E-state index contributed by atoms with van der Waals surface area (Å²) in [5.41, 5.74) is 2.62. The number of rotatable bonds is 2. The van der Waals surface area contributed by atoms with Gasteiger partial charge in [-0.25, -0.2) is 9.18 Å². The minimum Gasteiger partial charge on any atom is -0.439 e. The molecular formula is C22H15FN2O2. The second-order valence-electron chi connectivity index (χ2n) is 6.09. The normalized spacial score (nSPS) is 18.2. The van der Waals surface area contributed by atoms with Crippen molar-refractivity contribution in [2.75, 3.05) is 0 Å². The fraction of sp³-hybridized carbons (Fsp3) is 0.0909. The zero-order valence-electron chi connectivity index (χ0n) is 14.2. The first kappa shape index (κ1) is 16.8. The molecule has 0 radical (unpaired) electrons. The largest absolute Gasteiger partial charge is 0.439 e. The van der Waals surface area contributed by atoms with Crippen molar-refractivity contribution in [1.29, 1.82) is 0 Å². The van der Waals surface area contributed by atoms with Gasteiger partial charge >= 0.3 is 6.09 Å². The van der Waals surface area contributed by atoms with Crippen molar-refractivity contribution in [3.05, 3.63) is 101 Å². The van der Waals surface area contributed by atoms with Gasteiger partial charge in [0.05, 0.1) is 0 Å². The summed E-state index contributed by atoms with van der Waals surface area (Å²) in [7, 11) is 0. The van der Waals surface area contributed by atoms with E-state index < -0.39 is 24.1 Å². The summed E-state index contributed by atoms with van der Waals surface area (Å²) in [6.07, 6.45) is 1.92. The molecule has 2 aromatic carbocycles. The number of benzene rings is 2. The first-order valence-corrected chi connectivity index (χ1v) is 8.44. The lowest BCUT2D eigenvalue weighted by Gasteiger charge is -2.18. The zero-order valence-corrected chi connectivity index (χ0v) is 14.2. The zero-order chi connectivity index (χ0) is 18.6. The Kier molecular flexibility index (Phi) is 4.54. The number of aromatic nitrogens is 1. The fourth-order valence-corrected chi connectivity index (χ4v) is 2.99. The summed E-state index contributed by atoms with van der Waals surface area (Å²) < 4.78 is 19.5. The van der Waals surface area contributed by atoms with Crippen molar-refractivity contribution in [2.45, 2.75) is 12.1 Å². The number of halogens is 1. The van der Waals surface area contributed by atoms with Gasteiger partial charge in [-0.15, -0.1) is 0 Å². The third kappa shape index (κ3) is 3.65. The lowest BCUT2D eigenvalue weighted by molar-refractivity contribution is 0.130. The number of cyclic esters (lactones) is 1. The maximum atomic E-state index is 14.2. The van der Waals surface area contributed by atoms with Gasteiger partial charge in [-0.1, -0.05) is 48.2 Å². The minimum atomic E-state index is -0.766. The van der Waals surface area contributed by atoms with Crippen LogP contribution in [0.5, 0.6) is 0 Å². The lowest BCUT2D eigenvalue weighted by atomic mass is 9.96. The summed E-state index contributed by atoms with van der Waals surface area (Å²) in [4.78, 5) is 16.0. The lowest BCUT2D eigenvalue weighted by Crippen LogP contribution is -2.20. The van der Waals surface area contributed by atoms with Crippen molar-refractivity contribution in [1.82, 2.24) is 10.3 Å². The highest BCUT2D eigenvalue weighted by Gasteiger charge is 2.38. The van der Waals surface area contributed by atoms with E-state index >= 15 is 0 Å². The number of hydrogen-bond acceptors (Lipinski definition) is 3. The molecule has 1 N–H and O–H groups in total. The number of carbonyl (C=O) groups is 1. The molecule has 27 heavy (non-hydrogen) atoms. The molecule has 3 aromatic rings. The van der Waals surface area contributed by atoms with Crippen LogP contribution in [0.15, 0.2) is 73.1 Å². The number of amides is 1. The maximum absolute atomic E-state index is 14.2. The molecule has 5 heteroatoms. The van der Waals surface area contributed by atoms with Gasteiger partial charge in [0.25, 0.3) is 0 Å². The van der Waals surface area contributed by atoms with E-state index in [1.165, 1.54) is 6.07 Å². The summed E-state index contributed by atoms with van der Waals surface area (Å²) in [5, 5.41) is 2.73. The Morgan fingerprint density at radius 3 is 2.52 bits per heavy atom. The highest BCUT2D eigenvalue weighted by molar-refractivity contribution is 5.71. The summed E-state index contributed by atoms with van der Waals surface area (Å²) in [5.74, 6) is 5.71. The Morgan fingerprint density at radius 1 is 0.963 bits per heavy atom. The Labute approximate surface area is 156 Å². The highest BCUT2D eigenvalue weighted by atomic mass is 19.1. The first-order chi connectivity index (χ1) is 13.2. The smallest absolute Gasteiger partial charge is 0.408 e. The van der Waals surface area contributed by atoms with Crippen LogP contribution in [0.25, 0.3) is 0 Å². The number of nitrogens with zero attached hydrogens (tertiary/aromatic N) is 1. The molecule has 2 heterocycles. The molecule has 1 saturated heterocycles. The third-order valence-corrected chi connectivity index (χ3v) is 4.27. The third-order valence-electron chi connectivity index (χ3n) is 4.27. The van der Waals surface area contributed by atoms with Gasteiger partial charge in [-0.05, 0) is 29.8 Å². The van der Waals surface area contributed by atoms with E-state index in [0.717, 1.165) is 5.56 Å². The van der Waals surface area contributed by atoms with Crippen molar-refractivity contribution < 1.29 is 13.9 Å². The molecule has 4 nitrogen and oxygen atoms in total. The van der Waals surface area contributed by atoms with Crippen LogP contribution in [0.3, 0.4) is 0 Å². The molecule has 0 bridgehead atoms. The van der Waals surface area contributed by atoms with Crippen LogP contribution < -0.4 is 5.32 Å². The van der Waals surface area contributed by atoms with Crippen molar-refractivity contribution in [3.8, 4) is 11.8 Å². The number of pyridine rings is 1. The quantitative estimate of drug-likeness (QED) is 0.701. The van der Waals surface area contributed by atoms with E-state index in [4.69, 9.17) is 4.74 Å². The van der Waals surface area contributed by atoms with Crippen molar-refractivity contribution in [3.63, 3.8) is 0 Å². The predicted molar refractivity (Wildman–Crippen MR) is 98.2 cm³/mol. The molecule has 132 valence electrons. The molecule has 0 aliphatic carbocycles. The van der Waals surface area contributed by atoms with Gasteiger partial charge in [0.2, 0.25) is 0 Å². The maximum Gasteiger partial charge on any atom is 0.408 e. The van der Waals surface area contributed by atoms with Crippen molar-refractivity contribution >= 4 is 6.09 Å². The minimum absolute atomic E-state index is 0.321. The summed E-state index contributed by atoms with van der Waals surface area (Å²) in [6.45, 7) is 0.